The highest BCUT2D eigenvalue weighted by Crippen LogP contribution is 2.16. The van der Waals surface area contributed by atoms with E-state index in [4.69, 9.17) is 0 Å². The van der Waals surface area contributed by atoms with E-state index >= 15 is 0 Å². The van der Waals surface area contributed by atoms with Crippen LogP contribution in [0.2, 0.25) is 0 Å². The van der Waals surface area contributed by atoms with Gasteiger partial charge in [0, 0.05) is 18.1 Å². The number of hydrogen-bond donors (Lipinski definition) is 0. The molecule has 0 unspecified atom stereocenters. The van der Waals surface area contributed by atoms with Gasteiger partial charge in [0.25, 0.3) is 5.95 Å². The Balaban J connectivity index is 2.53. The van der Waals surface area contributed by atoms with Crippen molar-refractivity contribution in [1.82, 2.24) is 9.97 Å². The van der Waals surface area contributed by atoms with Crippen molar-refractivity contribution < 1.29 is 4.48 Å². The smallest absolute Gasteiger partial charge is 0.219 e. The second kappa shape index (κ2) is 4.71. The largest absolute Gasteiger partial charge is 0.265 e. The van der Waals surface area contributed by atoms with Gasteiger partial charge in [-0.25, -0.2) is 9.97 Å². The number of aromatic nitrogens is 2. The highest BCUT2D eigenvalue weighted by atomic mass is 32.2. The fourth-order valence-electron chi connectivity index (χ4n) is 0.558. The number of hydrogen-bond acceptors (Lipinski definition) is 4. The van der Waals surface area contributed by atoms with Gasteiger partial charge in [-0.2, -0.15) is 0 Å². The van der Waals surface area contributed by atoms with Gasteiger partial charge in [-0.15, -0.1) is 11.1 Å². The predicted molar refractivity (Wildman–Crippen MR) is 48.3 cm³/mol. The molecule has 0 spiro atoms. The van der Waals surface area contributed by atoms with Crippen LogP contribution in [0.15, 0.2) is 31.1 Å². The molecule has 1 rings (SSSR count). The van der Waals surface area contributed by atoms with Gasteiger partial charge in [0.1, 0.15) is 0 Å². The molecular weight excluding hydrogens is 177 g/mol. The van der Waals surface area contributed by atoms with E-state index in [-0.39, 0.29) is 5.95 Å². The minimum Gasteiger partial charge on any atom is -0.219 e. The second-order valence-electron chi connectivity index (χ2n) is 1.88. The minimum atomic E-state index is 0.0596. The summed E-state index contributed by atoms with van der Waals surface area (Å²) in [6, 6.07) is 1.63. The summed E-state index contributed by atoms with van der Waals surface area (Å²) in [7, 11) is 0. The molecule has 12 heavy (non-hydrogen) atoms. The van der Waals surface area contributed by atoms with Crippen LogP contribution in [-0.2, 0) is 0 Å². The van der Waals surface area contributed by atoms with E-state index < -0.39 is 0 Å². The highest BCUT2D eigenvalue weighted by Gasteiger charge is 2.05. The van der Waals surface area contributed by atoms with E-state index in [2.05, 4.69) is 16.5 Å². The van der Waals surface area contributed by atoms with Gasteiger partial charge in [-0.3, -0.25) is 0 Å². The second-order valence-corrected chi connectivity index (χ2v) is 2.79. The van der Waals surface area contributed by atoms with Crippen LogP contribution in [0.25, 0.3) is 0 Å². The van der Waals surface area contributed by atoms with Crippen LogP contribution in [0.3, 0.4) is 0 Å². The van der Waals surface area contributed by atoms with Crippen molar-refractivity contribution >= 4 is 17.9 Å². The first kappa shape index (κ1) is 8.99. The van der Waals surface area contributed by atoms with Gasteiger partial charge in [-0.05, 0) is 18.0 Å². The van der Waals surface area contributed by atoms with Crippen molar-refractivity contribution in [3.8, 4) is 0 Å². The van der Waals surface area contributed by atoms with Gasteiger partial charge in [0.15, 0.2) is 0 Å². The quantitative estimate of drug-likeness (QED) is 0.407. The van der Waals surface area contributed by atoms with Gasteiger partial charge < -0.3 is 0 Å². The standard InChI is InChI=1S/C7H8FN3S/c1-2-6-12-11(8)7-9-4-3-5-10-7/h2-5H,1,6H2. The maximum absolute atomic E-state index is 12.9. The van der Waals surface area contributed by atoms with Crippen molar-refractivity contribution in [3.05, 3.63) is 31.1 Å². The zero-order valence-corrected chi connectivity index (χ0v) is 7.17. The van der Waals surface area contributed by atoms with Crippen molar-refractivity contribution in [3.63, 3.8) is 0 Å². The first-order valence-corrected chi connectivity index (χ1v) is 4.25. The van der Waals surface area contributed by atoms with Crippen molar-refractivity contribution in [2.75, 3.05) is 10.3 Å². The van der Waals surface area contributed by atoms with E-state index in [1.807, 2.05) is 0 Å². The SMILES string of the molecule is C=CCSN(F)c1ncccn1. The molecule has 0 fully saturated rings. The van der Waals surface area contributed by atoms with E-state index in [9.17, 15) is 4.48 Å². The number of anilines is 1. The fraction of sp³-hybridized carbons (Fsp3) is 0.143. The summed E-state index contributed by atoms with van der Waals surface area (Å²) in [5.74, 6) is 0.554. The minimum absolute atomic E-state index is 0.0596. The summed E-state index contributed by atoms with van der Waals surface area (Å²) in [5.41, 5.74) is 0. The molecule has 0 radical (unpaired) electrons. The first-order valence-electron chi connectivity index (χ1n) is 3.31. The molecule has 0 N–H and O–H groups in total. The Labute approximate surface area is 74.4 Å². The molecule has 64 valence electrons. The maximum Gasteiger partial charge on any atom is 0.265 e. The fourth-order valence-corrected chi connectivity index (χ4v) is 1.00. The van der Waals surface area contributed by atoms with Crippen LogP contribution in [0, 0.1) is 0 Å². The van der Waals surface area contributed by atoms with E-state index in [1.54, 1.807) is 12.1 Å². The van der Waals surface area contributed by atoms with Crippen LogP contribution < -0.4 is 4.53 Å². The lowest BCUT2D eigenvalue weighted by Crippen LogP contribution is -2.04. The zero-order valence-electron chi connectivity index (χ0n) is 6.35. The van der Waals surface area contributed by atoms with E-state index in [1.165, 1.54) is 12.4 Å². The number of rotatable bonds is 4. The van der Waals surface area contributed by atoms with Gasteiger partial charge in [-0.1, -0.05) is 10.6 Å². The molecule has 1 heterocycles. The molecule has 0 amide bonds. The summed E-state index contributed by atoms with van der Waals surface area (Å²) in [4.78, 5) is 7.43. The molecule has 5 heteroatoms. The average molecular weight is 185 g/mol. The Bertz CT molecular complexity index is 242. The predicted octanol–water partition coefficient (Wildman–Crippen LogP) is 2.00. The Kier molecular flexibility index (Phi) is 3.53. The molecule has 0 aliphatic carbocycles. The molecule has 0 atom stereocenters. The van der Waals surface area contributed by atoms with Crippen LogP contribution in [0.5, 0.6) is 0 Å². The van der Waals surface area contributed by atoms with Crippen LogP contribution in [0.4, 0.5) is 10.4 Å². The van der Waals surface area contributed by atoms with Crippen molar-refractivity contribution in [2.24, 2.45) is 0 Å². The Hall–Kier alpha value is -1.10. The van der Waals surface area contributed by atoms with Gasteiger partial charge >= 0.3 is 0 Å². The van der Waals surface area contributed by atoms with Crippen LogP contribution in [-0.4, -0.2) is 15.7 Å². The monoisotopic (exact) mass is 185 g/mol. The third kappa shape index (κ3) is 2.50. The number of nitrogens with zero attached hydrogens (tertiary/aromatic N) is 3. The van der Waals surface area contributed by atoms with Crippen LogP contribution in [0.1, 0.15) is 0 Å². The maximum atomic E-state index is 12.9. The molecule has 0 saturated carbocycles. The van der Waals surface area contributed by atoms with Gasteiger partial charge in [0.05, 0.1) is 0 Å². The van der Waals surface area contributed by atoms with Crippen LogP contribution >= 0.6 is 11.9 Å². The highest BCUT2D eigenvalue weighted by molar-refractivity contribution is 8.00. The molecule has 1 aromatic heterocycles. The normalized spacial score (nSPS) is 9.42. The molecule has 0 saturated heterocycles. The molecule has 1 aromatic rings. The Morgan fingerprint density at radius 2 is 2.25 bits per heavy atom. The van der Waals surface area contributed by atoms with Crippen molar-refractivity contribution in [1.29, 1.82) is 0 Å². The lowest BCUT2D eigenvalue weighted by atomic mass is 10.7. The molecular formula is C7H8FN3S. The third-order valence-corrected chi connectivity index (χ3v) is 1.79. The molecule has 0 bridgehead atoms. The molecule has 0 aliphatic rings. The summed E-state index contributed by atoms with van der Waals surface area (Å²) in [6.45, 7) is 3.47. The van der Waals surface area contributed by atoms with Gasteiger partial charge in [0.2, 0.25) is 0 Å². The molecule has 0 aliphatic heterocycles. The average Bonchev–Trinajstić information content (AvgIpc) is 2.15. The van der Waals surface area contributed by atoms with E-state index in [0.717, 1.165) is 11.9 Å². The topological polar surface area (TPSA) is 29.0 Å². The summed E-state index contributed by atoms with van der Waals surface area (Å²) < 4.78 is 13.4. The molecule has 0 aromatic carbocycles. The molecule has 3 nitrogen and oxygen atoms in total. The first-order chi connectivity index (χ1) is 5.84. The van der Waals surface area contributed by atoms with Crippen molar-refractivity contribution in [2.45, 2.75) is 0 Å². The Morgan fingerprint density at radius 1 is 1.58 bits per heavy atom. The summed E-state index contributed by atoms with van der Waals surface area (Å²) in [6.07, 6.45) is 4.59. The summed E-state index contributed by atoms with van der Waals surface area (Å²) >= 11 is 0.953. The van der Waals surface area contributed by atoms with E-state index in [0.29, 0.717) is 10.3 Å². The lowest BCUT2D eigenvalue weighted by Gasteiger charge is -2.06. The number of halogens is 1. The third-order valence-electron chi connectivity index (χ3n) is 1.02. The lowest BCUT2D eigenvalue weighted by molar-refractivity contribution is 0.534. The summed E-state index contributed by atoms with van der Waals surface area (Å²) in [5, 5.41) is 0. The zero-order chi connectivity index (χ0) is 8.81. The Morgan fingerprint density at radius 3 is 2.83 bits per heavy atom.